The Labute approximate surface area is 182 Å². The number of carbonyl (C=O) groups excluding carboxylic acids is 2. The third kappa shape index (κ3) is 4.32. The molecule has 0 bridgehead atoms. The van der Waals surface area contributed by atoms with E-state index in [9.17, 15) is 9.59 Å². The lowest BCUT2D eigenvalue weighted by molar-refractivity contribution is -0.142. The molecule has 2 aromatic carbocycles. The first-order valence-electron chi connectivity index (χ1n) is 10.7. The van der Waals surface area contributed by atoms with Crippen LogP contribution in [0.25, 0.3) is 11.0 Å². The van der Waals surface area contributed by atoms with Crippen LogP contribution in [-0.2, 0) is 20.9 Å². The number of hydrogen-bond acceptors (Lipinski definition) is 4. The van der Waals surface area contributed by atoms with Gasteiger partial charge >= 0.3 is 0 Å². The molecule has 31 heavy (non-hydrogen) atoms. The standard InChI is InChI=1S/C24H28N4O3/c1-17-23-26-19-11-6-7-12-20(19)28(23)21(15-22(29)25-13-8-14-31-2)24(30)27(17)16-18-9-4-3-5-10-18/h3-7,9-12,17,21H,8,13-16H2,1-2H3,(H,25,29)/t17-,21-/m0/s1. The Balaban J connectivity index is 1.65. The number of fused-ring (bicyclic) bond motifs is 3. The Hall–Kier alpha value is -3.19. The molecule has 4 rings (SSSR count). The number of imidazole rings is 1. The van der Waals surface area contributed by atoms with E-state index in [2.05, 4.69) is 5.32 Å². The van der Waals surface area contributed by atoms with Crippen LogP contribution < -0.4 is 5.32 Å². The van der Waals surface area contributed by atoms with Crippen molar-refractivity contribution in [1.29, 1.82) is 0 Å². The van der Waals surface area contributed by atoms with Gasteiger partial charge in [-0.05, 0) is 31.0 Å². The summed E-state index contributed by atoms with van der Waals surface area (Å²) in [6, 6.07) is 16.9. The van der Waals surface area contributed by atoms with Crippen molar-refractivity contribution in [2.24, 2.45) is 0 Å². The van der Waals surface area contributed by atoms with E-state index < -0.39 is 6.04 Å². The number of carbonyl (C=O) groups is 2. The zero-order chi connectivity index (χ0) is 21.8. The Morgan fingerprint density at radius 1 is 1.13 bits per heavy atom. The SMILES string of the molecule is COCCCNC(=O)C[C@H]1C(=O)N(Cc2ccccc2)[C@@H](C)c2nc3ccccc3n21. The fourth-order valence-electron chi connectivity index (χ4n) is 4.18. The molecule has 3 aromatic rings. The van der Waals surface area contributed by atoms with E-state index in [1.807, 2.05) is 71.0 Å². The summed E-state index contributed by atoms with van der Waals surface area (Å²) in [5.74, 6) is 0.611. The van der Waals surface area contributed by atoms with Crippen LogP contribution >= 0.6 is 0 Å². The van der Waals surface area contributed by atoms with Gasteiger partial charge in [0.1, 0.15) is 11.9 Å². The molecule has 1 N–H and O–H groups in total. The second-order valence-electron chi connectivity index (χ2n) is 7.87. The van der Waals surface area contributed by atoms with E-state index in [0.29, 0.717) is 19.7 Å². The number of nitrogens with one attached hydrogen (secondary N) is 1. The first kappa shape index (κ1) is 21.1. The third-order valence-electron chi connectivity index (χ3n) is 5.77. The van der Waals surface area contributed by atoms with Crippen molar-refractivity contribution in [2.45, 2.75) is 38.4 Å². The van der Waals surface area contributed by atoms with Gasteiger partial charge in [-0.3, -0.25) is 9.59 Å². The normalized spacial score (nSPS) is 18.3. The first-order valence-corrected chi connectivity index (χ1v) is 10.7. The second-order valence-corrected chi connectivity index (χ2v) is 7.87. The van der Waals surface area contributed by atoms with E-state index >= 15 is 0 Å². The number of nitrogens with zero attached hydrogens (tertiary/aromatic N) is 3. The number of aromatic nitrogens is 2. The van der Waals surface area contributed by atoms with Crippen LogP contribution in [-0.4, -0.2) is 46.5 Å². The highest BCUT2D eigenvalue weighted by Gasteiger charge is 2.40. The third-order valence-corrected chi connectivity index (χ3v) is 5.77. The van der Waals surface area contributed by atoms with Gasteiger partial charge in [0.05, 0.1) is 23.5 Å². The highest BCUT2D eigenvalue weighted by atomic mass is 16.5. The molecule has 2 amide bonds. The maximum Gasteiger partial charge on any atom is 0.247 e. The van der Waals surface area contributed by atoms with Crippen molar-refractivity contribution in [3.63, 3.8) is 0 Å². The number of ether oxygens (including phenoxy) is 1. The van der Waals surface area contributed by atoms with Crippen molar-refractivity contribution < 1.29 is 14.3 Å². The first-order chi connectivity index (χ1) is 15.1. The van der Waals surface area contributed by atoms with Gasteiger partial charge in [0, 0.05) is 26.8 Å². The maximum atomic E-state index is 13.6. The van der Waals surface area contributed by atoms with Crippen LogP contribution in [0.2, 0.25) is 0 Å². The van der Waals surface area contributed by atoms with Gasteiger partial charge in [0.25, 0.3) is 0 Å². The summed E-state index contributed by atoms with van der Waals surface area (Å²) in [7, 11) is 1.64. The van der Waals surface area contributed by atoms with Crippen LogP contribution in [0.4, 0.5) is 0 Å². The average Bonchev–Trinajstić information content (AvgIpc) is 3.18. The molecule has 1 aliphatic heterocycles. The molecule has 0 saturated heterocycles. The van der Waals surface area contributed by atoms with Gasteiger partial charge < -0.3 is 19.5 Å². The Morgan fingerprint density at radius 2 is 1.87 bits per heavy atom. The molecular weight excluding hydrogens is 392 g/mol. The quantitative estimate of drug-likeness (QED) is 0.568. The fraction of sp³-hybridized carbons (Fsp3) is 0.375. The lowest BCUT2D eigenvalue weighted by Crippen LogP contribution is -2.46. The Morgan fingerprint density at radius 3 is 2.65 bits per heavy atom. The summed E-state index contributed by atoms with van der Waals surface area (Å²) in [5, 5.41) is 2.91. The van der Waals surface area contributed by atoms with Gasteiger partial charge in [-0.25, -0.2) is 4.98 Å². The predicted octanol–water partition coefficient (Wildman–Crippen LogP) is 3.22. The maximum absolute atomic E-state index is 13.6. The smallest absolute Gasteiger partial charge is 0.247 e. The summed E-state index contributed by atoms with van der Waals surface area (Å²) in [4.78, 5) is 33.0. The van der Waals surface area contributed by atoms with E-state index in [1.165, 1.54) is 0 Å². The monoisotopic (exact) mass is 420 g/mol. The van der Waals surface area contributed by atoms with Crippen molar-refractivity contribution in [2.75, 3.05) is 20.3 Å². The number of methoxy groups -OCH3 is 1. The molecule has 7 heteroatoms. The lowest BCUT2D eigenvalue weighted by Gasteiger charge is -2.38. The molecule has 0 spiro atoms. The minimum atomic E-state index is -0.621. The van der Waals surface area contributed by atoms with Gasteiger partial charge in [-0.15, -0.1) is 0 Å². The molecule has 1 aliphatic rings. The number of hydrogen-bond donors (Lipinski definition) is 1. The highest BCUT2D eigenvalue weighted by Crippen LogP contribution is 2.37. The number of amides is 2. The van der Waals surface area contributed by atoms with Crippen LogP contribution in [0.3, 0.4) is 0 Å². The van der Waals surface area contributed by atoms with Crippen molar-refractivity contribution in [3.8, 4) is 0 Å². The van der Waals surface area contributed by atoms with Crippen molar-refractivity contribution in [1.82, 2.24) is 19.8 Å². The minimum Gasteiger partial charge on any atom is -0.385 e. The topological polar surface area (TPSA) is 76.5 Å². The molecule has 0 saturated carbocycles. The summed E-state index contributed by atoms with van der Waals surface area (Å²) in [5.41, 5.74) is 2.77. The summed E-state index contributed by atoms with van der Waals surface area (Å²) in [6.07, 6.45) is 0.814. The number of rotatable bonds is 8. The number of benzene rings is 2. The summed E-state index contributed by atoms with van der Waals surface area (Å²) >= 11 is 0. The van der Waals surface area contributed by atoms with Gasteiger partial charge in [0.15, 0.2) is 0 Å². The molecule has 2 heterocycles. The van der Waals surface area contributed by atoms with Crippen LogP contribution in [0.5, 0.6) is 0 Å². The highest BCUT2D eigenvalue weighted by molar-refractivity contribution is 5.90. The molecule has 0 aliphatic carbocycles. The predicted molar refractivity (Wildman–Crippen MR) is 118 cm³/mol. The average molecular weight is 421 g/mol. The van der Waals surface area contributed by atoms with E-state index in [4.69, 9.17) is 9.72 Å². The zero-order valence-electron chi connectivity index (χ0n) is 18.0. The Kier molecular flexibility index (Phi) is 6.32. The Bertz CT molecular complexity index is 1060. The molecule has 0 radical (unpaired) electrons. The lowest BCUT2D eigenvalue weighted by atomic mass is 10.0. The summed E-state index contributed by atoms with van der Waals surface area (Å²) < 4.78 is 6.99. The van der Waals surface area contributed by atoms with Gasteiger partial charge in [-0.2, -0.15) is 0 Å². The van der Waals surface area contributed by atoms with Gasteiger partial charge in [-0.1, -0.05) is 42.5 Å². The van der Waals surface area contributed by atoms with Crippen molar-refractivity contribution >= 4 is 22.8 Å². The van der Waals surface area contributed by atoms with E-state index in [-0.39, 0.29) is 24.3 Å². The number of para-hydroxylation sites is 2. The largest absolute Gasteiger partial charge is 0.385 e. The summed E-state index contributed by atoms with van der Waals surface area (Å²) in [6.45, 7) is 3.59. The molecule has 7 nitrogen and oxygen atoms in total. The van der Waals surface area contributed by atoms with E-state index in [0.717, 1.165) is 28.8 Å². The molecular formula is C24H28N4O3. The van der Waals surface area contributed by atoms with Crippen LogP contribution in [0.1, 0.15) is 43.2 Å². The molecule has 162 valence electrons. The fourth-order valence-corrected chi connectivity index (χ4v) is 4.18. The molecule has 1 aromatic heterocycles. The minimum absolute atomic E-state index is 0.0564. The molecule has 0 fully saturated rings. The zero-order valence-corrected chi connectivity index (χ0v) is 18.0. The van der Waals surface area contributed by atoms with E-state index in [1.54, 1.807) is 7.11 Å². The van der Waals surface area contributed by atoms with Crippen molar-refractivity contribution in [3.05, 3.63) is 66.0 Å². The molecule has 2 atom stereocenters. The van der Waals surface area contributed by atoms with Gasteiger partial charge in [0.2, 0.25) is 11.8 Å². The van der Waals surface area contributed by atoms with Crippen LogP contribution in [0.15, 0.2) is 54.6 Å². The second kappa shape index (κ2) is 9.31. The van der Waals surface area contributed by atoms with Crippen LogP contribution in [0, 0.1) is 0 Å². The molecule has 0 unspecified atom stereocenters.